The van der Waals surface area contributed by atoms with E-state index in [4.69, 9.17) is 26.6 Å². The van der Waals surface area contributed by atoms with Gasteiger partial charge in [0.25, 0.3) is 0 Å². The van der Waals surface area contributed by atoms with Crippen molar-refractivity contribution < 1.29 is 28.1 Å². The predicted molar refractivity (Wildman–Crippen MR) is 183 cm³/mol. The van der Waals surface area contributed by atoms with E-state index in [1.807, 2.05) is 44.2 Å². The molecule has 5 rings (SSSR count). The molecule has 0 fully saturated rings. The molecule has 5 aromatic carbocycles. The Labute approximate surface area is 267 Å². The molecule has 5 aromatic rings. The Bertz CT molecular complexity index is 1560. The summed E-state index contributed by atoms with van der Waals surface area (Å²) in [5, 5.41) is 5.48. The van der Waals surface area contributed by atoms with E-state index in [-0.39, 0.29) is 10.8 Å². The van der Waals surface area contributed by atoms with Gasteiger partial charge < -0.3 is 9.47 Å². The van der Waals surface area contributed by atoms with Crippen LogP contribution in [0.2, 0.25) is 0 Å². The van der Waals surface area contributed by atoms with Crippen LogP contribution in [0.4, 0.5) is 0 Å². The van der Waals surface area contributed by atoms with Crippen molar-refractivity contribution in [3.8, 4) is 22.6 Å². The fraction of sp³-hybridized carbons (Fsp3) is 0.324. The van der Waals surface area contributed by atoms with E-state index in [0.717, 1.165) is 22.6 Å². The van der Waals surface area contributed by atoms with Crippen LogP contribution in [0, 0.1) is 0 Å². The van der Waals surface area contributed by atoms with Gasteiger partial charge in [0, 0.05) is 6.07 Å². The van der Waals surface area contributed by atoms with Crippen LogP contribution in [0.25, 0.3) is 32.7 Å². The van der Waals surface area contributed by atoms with Crippen LogP contribution < -0.4 is 9.47 Å². The molecule has 0 amide bonds. The van der Waals surface area contributed by atoms with Gasteiger partial charge >= 0.3 is 52.8 Å². The maximum atomic E-state index is 5.55. The molecule has 0 saturated heterocycles. The van der Waals surface area contributed by atoms with Gasteiger partial charge in [-0.2, -0.15) is 18.2 Å². The van der Waals surface area contributed by atoms with Gasteiger partial charge in [0.05, 0.1) is 20.0 Å². The van der Waals surface area contributed by atoms with Gasteiger partial charge in [-0.1, -0.05) is 88.6 Å². The molecule has 0 atom stereocenters. The van der Waals surface area contributed by atoms with Crippen molar-refractivity contribution in [2.24, 2.45) is 0 Å². The normalized spacial score (nSPS) is 11.3. The molecule has 0 aliphatic carbocycles. The molecule has 0 saturated carbocycles. The summed E-state index contributed by atoms with van der Waals surface area (Å²) >= 11 is -1.97. The Hall–Kier alpha value is -2.20. The van der Waals surface area contributed by atoms with Crippen LogP contribution >= 0.6 is 17.2 Å². The van der Waals surface area contributed by atoms with E-state index >= 15 is 0 Å². The number of halogens is 2. The molecule has 0 heterocycles. The Morgan fingerprint density at radius 2 is 1.24 bits per heavy atom. The second-order valence-electron chi connectivity index (χ2n) is 12.7. The van der Waals surface area contributed by atoms with Crippen molar-refractivity contribution in [3.05, 3.63) is 96.1 Å². The minimum absolute atomic E-state index is 0.203. The summed E-state index contributed by atoms with van der Waals surface area (Å²) in [5.74, 6) is 1.64. The summed E-state index contributed by atoms with van der Waals surface area (Å²) in [4.78, 5) is 0. The van der Waals surface area contributed by atoms with Crippen LogP contribution in [0.3, 0.4) is 0 Å². The van der Waals surface area contributed by atoms with Crippen LogP contribution in [0.15, 0.2) is 84.9 Å². The first-order valence-electron chi connectivity index (χ1n) is 14.2. The number of hydrogen-bond acceptors (Lipinski definition) is 2. The summed E-state index contributed by atoms with van der Waals surface area (Å²) in [6.07, 6.45) is 0. The van der Waals surface area contributed by atoms with E-state index in [9.17, 15) is 0 Å². The van der Waals surface area contributed by atoms with Crippen molar-refractivity contribution in [2.75, 3.05) is 14.2 Å². The zero-order chi connectivity index (χ0) is 31.2. The summed E-state index contributed by atoms with van der Waals surface area (Å²) in [6, 6.07) is 30.2. The Morgan fingerprint density at radius 1 is 0.714 bits per heavy atom. The quantitative estimate of drug-likeness (QED) is 0.134. The molecule has 0 aliphatic rings. The first-order valence-corrected chi connectivity index (χ1v) is 24.9. The molecule has 0 aliphatic heterocycles. The van der Waals surface area contributed by atoms with Crippen LogP contribution in [0.5, 0.6) is 11.5 Å². The van der Waals surface area contributed by atoms with Crippen molar-refractivity contribution in [1.82, 2.24) is 0 Å². The molecule has 0 radical (unpaired) electrons. The van der Waals surface area contributed by atoms with Gasteiger partial charge in [0.1, 0.15) is 5.75 Å². The Balaban J connectivity index is 0.000000201. The maximum absolute atomic E-state index is 5.55. The number of fused-ring (bicyclic) bond motifs is 3. The molecule has 0 aromatic heterocycles. The average Bonchev–Trinajstić information content (AvgIpc) is 3.60. The second-order valence-corrected chi connectivity index (χ2v) is 26.0. The van der Waals surface area contributed by atoms with Crippen molar-refractivity contribution in [1.29, 1.82) is 0 Å². The minimum atomic E-state index is -1.97. The molecule has 5 heteroatoms. The summed E-state index contributed by atoms with van der Waals surface area (Å²) in [7, 11) is 14.4. The molecular weight excluding hydrogens is 726 g/mol. The first-order chi connectivity index (χ1) is 19.6. The van der Waals surface area contributed by atoms with Crippen LogP contribution in [-0.4, -0.2) is 17.5 Å². The third kappa shape index (κ3) is 8.91. The predicted octanol–water partition coefficient (Wildman–Crippen LogP) is 11.5. The SMILES string of the molecule is CC(C)(C)c1ccc2c(c1)[cH-]c1cc(C(C)(C)C)ccc12.COc1ccc(-c2ccc[cH-]2)c(OC)c1.C[C](C)=[Hf]([Cl])[Cl]. The molecule has 0 unspecified atom stereocenters. The van der Waals surface area contributed by atoms with Gasteiger partial charge in [0.15, 0.2) is 0 Å². The van der Waals surface area contributed by atoms with Crippen molar-refractivity contribution in [2.45, 2.75) is 66.2 Å². The molecular formula is C37H44Cl2HfO2-2. The number of methoxy groups -OCH3 is 2. The average molecular weight is 770 g/mol. The van der Waals surface area contributed by atoms with Crippen molar-refractivity contribution in [3.63, 3.8) is 0 Å². The third-order valence-electron chi connectivity index (χ3n) is 7.20. The number of hydrogen-bond donors (Lipinski definition) is 0. The van der Waals surface area contributed by atoms with E-state index < -0.39 is 18.6 Å². The zero-order valence-corrected chi connectivity index (χ0v) is 31.8. The summed E-state index contributed by atoms with van der Waals surface area (Å²) in [5.41, 5.74) is 5.46. The number of benzene rings is 3. The molecule has 0 N–H and O–H groups in total. The second kappa shape index (κ2) is 14.5. The van der Waals surface area contributed by atoms with E-state index in [0.29, 0.717) is 0 Å². The number of ether oxygens (including phenoxy) is 2. The topological polar surface area (TPSA) is 18.5 Å². The standard InChI is InChI=1S/C21H25.C13H13O2.C3H6.2ClH.Hf/c1-20(2,3)16-7-9-18-14(12-16)11-15-13-17(21(4,5)6)8-10-19(15)18;1-14-11-7-8-12(13(9-11)15-2)10-5-3-4-6-10;1-3-2;;;/h7-13H,1-6H3;3-9H,1-2H3;1-2H3;2*1H;/q2*-1;;;;+2/p-2. The molecule has 42 heavy (non-hydrogen) atoms. The van der Waals surface area contributed by atoms with Gasteiger partial charge in [-0.05, 0) is 16.9 Å². The first kappa shape index (κ1) is 34.3. The van der Waals surface area contributed by atoms with Crippen LogP contribution in [-0.2, 0) is 29.4 Å². The fourth-order valence-corrected chi connectivity index (χ4v) is 4.55. The van der Waals surface area contributed by atoms with E-state index in [1.165, 1.54) is 35.9 Å². The van der Waals surface area contributed by atoms with Gasteiger partial charge in [-0.15, -0.1) is 51.4 Å². The fourth-order valence-electron chi connectivity index (χ4n) is 4.55. The summed E-state index contributed by atoms with van der Waals surface area (Å²) in [6.45, 7) is 17.6. The van der Waals surface area contributed by atoms with Crippen LogP contribution in [0.1, 0.15) is 66.5 Å². The van der Waals surface area contributed by atoms with Gasteiger partial charge in [-0.25, -0.2) is 0 Å². The van der Waals surface area contributed by atoms with Crippen molar-refractivity contribution >= 4 is 42.0 Å². The van der Waals surface area contributed by atoms with Gasteiger partial charge in [0.2, 0.25) is 0 Å². The van der Waals surface area contributed by atoms with E-state index in [2.05, 4.69) is 96.1 Å². The number of rotatable bonds is 3. The Kier molecular flexibility index (Phi) is 11.9. The Morgan fingerprint density at radius 3 is 1.62 bits per heavy atom. The molecule has 0 spiro atoms. The van der Waals surface area contributed by atoms with E-state index in [1.54, 1.807) is 14.2 Å². The zero-order valence-electron chi connectivity index (χ0n) is 26.7. The molecule has 2 nitrogen and oxygen atoms in total. The summed E-state index contributed by atoms with van der Waals surface area (Å²) < 4.78 is 11.7. The molecule has 0 bridgehead atoms. The third-order valence-corrected chi connectivity index (χ3v) is 16.1. The monoisotopic (exact) mass is 770 g/mol. The van der Waals surface area contributed by atoms with Gasteiger partial charge in [-0.3, -0.25) is 0 Å². The molecule has 224 valence electrons.